The summed E-state index contributed by atoms with van der Waals surface area (Å²) in [5.74, 6) is -0.643. The molecule has 1 aliphatic rings. The number of hydrogen-bond donors (Lipinski definition) is 2. The van der Waals surface area contributed by atoms with Crippen molar-refractivity contribution in [1.82, 2.24) is 15.5 Å². The van der Waals surface area contributed by atoms with Crippen LogP contribution in [0.1, 0.15) is 19.6 Å². The summed E-state index contributed by atoms with van der Waals surface area (Å²) >= 11 is 0. The number of para-hydroxylation sites is 1. The quantitative estimate of drug-likeness (QED) is 0.758. The van der Waals surface area contributed by atoms with Crippen LogP contribution >= 0.6 is 0 Å². The predicted octanol–water partition coefficient (Wildman–Crippen LogP) is 1.35. The molecule has 2 aromatic rings. The minimum absolute atomic E-state index is 0.227. The van der Waals surface area contributed by atoms with E-state index in [2.05, 4.69) is 10.6 Å². The molecule has 0 saturated carbocycles. The minimum atomic E-state index is -1.35. The Labute approximate surface area is 150 Å². The van der Waals surface area contributed by atoms with Crippen LogP contribution in [0.5, 0.6) is 0 Å². The van der Waals surface area contributed by atoms with Gasteiger partial charge in [0.25, 0.3) is 5.91 Å². The van der Waals surface area contributed by atoms with E-state index in [4.69, 9.17) is 9.15 Å². The molecule has 1 aromatic carbocycles. The van der Waals surface area contributed by atoms with E-state index in [1.54, 1.807) is 26.0 Å². The Morgan fingerprint density at radius 1 is 1.38 bits per heavy atom. The van der Waals surface area contributed by atoms with Crippen LogP contribution in [0.4, 0.5) is 4.79 Å². The maximum Gasteiger partial charge on any atom is 0.325 e. The number of hydrogen-bond acceptors (Lipinski definition) is 5. The van der Waals surface area contributed by atoms with Crippen molar-refractivity contribution in [2.45, 2.75) is 25.4 Å². The van der Waals surface area contributed by atoms with Crippen LogP contribution in [0.15, 0.2) is 34.7 Å². The first-order chi connectivity index (χ1) is 12.3. The van der Waals surface area contributed by atoms with Crippen molar-refractivity contribution >= 4 is 28.8 Å². The van der Waals surface area contributed by atoms with E-state index in [0.717, 1.165) is 10.3 Å². The molecular weight excluding hydrogens is 338 g/mol. The van der Waals surface area contributed by atoms with Crippen molar-refractivity contribution in [2.75, 3.05) is 20.3 Å². The molecule has 0 radical (unpaired) electrons. The average molecular weight is 359 g/mol. The van der Waals surface area contributed by atoms with Crippen molar-refractivity contribution in [3.05, 3.63) is 36.1 Å². The van der Waals surface area contributed by atoms with Crippen LogP contribution in [0.3, 0.4) is 0 Å². The standard InChI is InChI=1S/C18H21N3O5/c1-11(10-25-3)19-15(22)9-21-16(23)18(2,20-17(21)24)14-8-12-6-4-5-7-13(12)26-14/h4-8,11H,9-10H2,1-3H3,(H,19,22)(H,20,24). The number of nitrogens with zero attached hydrogens (tertiary/aromatic N) is 1. The van der Waals surface area contributed by atoms with Gasteiger partial charge in [-0.05, 0) is 26.0 Å². The number of ether oxygens (including phenoxy) is 1. The van der Waals surface area contributed by atoms with Gasteiger partial charge in [-0.15, -0.1) is 0 Å². The summed E-state index contributed by atoms with van der Waals surface area (Å²) in [6.45, 7) is 3.30. The molecule has 1 fully saturated rings. The van der Waals surface area contributed by atoms with E-state index in [-0.39, 0.29) is 12.6 Å². The van der Waals surface area contributed by atoms with E-state index >= 15 is 0 Å². The first kappa shape index (κ1) is 17.9. The number of carbonyl (C=O) groups is 3. The van der Waals surface area contributed by atoms with Gasteiger partial charge in [-0.3, -0.25) is 14.5 Å². The number of methoxy groups -OCH3 is 1. The Morgan fingerprint density at radius 2 is 2.12 bits per heavy atom. The number of imide groups is 1. The van der Waals surface area contributed by atoms with Gasteiger partial charge in [-0.25, -0.2) is 4.79 Å². The second-order valence-electron chi connectivity index (χ2n) is 6.52. The van der Waals surface area contributed by atoms with Crippen LogP contribution in [0, 0.1) is 0 Å². The largest absolute Gasteiger partial charge is 0.458 e. The molecule has 1 aromatic heterocycles. The van der Waals surface area contributed by atoms with E-state index in [0.29, 0.717) is 18.0 Å². The van der Waals surface area contributed by atoms with Crippen LogP contribution in [0.2, 0.25) is 0 Å². The van der Waals surface area contributed by atoms with Gasteiger partial charge in [0.05, 0.1) is 6.61 Å². The number of amides is 4. The lowest BCUT2D eigenvalue weighted by atomic mass is 9.99. The number of carbonyl (C=O) groups excluding carboxylic acids is 3. The van der Waals surface area contributed by atoms with Gasteiger partial charge in [0.2, 0.25) is 5.91 Å². The smallest absolute Gasteiger partial charge is 0.325 e. The number of furan rings is 1. The number of urea groups is 1. The Hall–Kier alpha value is -2.87. The molecule has 0 aliphatic carbocycles. The third kappa shape index (κ3) is 3.15. The maximum atomic E-state index is 12.8. The first-order valence-electron chi connectivity index (χ1n) is 8.26. The highest BCUT2D eigenvalue weighted by atomic mass is 16.5. The lowest BCUT2D eigenvalue weighted by molar-refractivity contribution is -0.135. The van der Waals surface area contributed by atoms with Crippen LogP contribution in [-0.4, -0.2) is 49.0 Å². The fraction of sp³-hybridized carbons (Fsp3) is 0.389. The fourth-order valence-electron chi connectivity index (χ4n) is 2.99. The van der Waals surface area contributed by atoms with Crippen LogP contribution < -0.4 is 10.6 Å². The minimum Gasteiger partial charge on any atom is -0.458 e. The normalized spacial score (nSPS) is 21.1. The lowest BCUT2D eigenvalue weighted by Crippen LogP contribution is -2.45. The molecule has 138 valence electrons. The Balaban J connectivity index is 1.78. The lowest BCUT2D eigenvalue weighted by Gasteiger charge is -2.19. The highest BCUT2D eigenvalue weighted by molar-refractivity contribution is 6.09. The third-order valence-electron chi connectivity index (χ3n) is 4.32. The molecule has 2 atom stereocenters. The van der Waals surface area contributed by atoms with Gasteiger partial charge in [0.1, 0.15) is 17.9 Å². The molecule has 2 heterocycles. The SMILES string of the molecule is COCC(C)NC(=O)CN1C(=O)NC(C)(c2cc3ccccc3o2)C1=O. The summed E-state index contributed by atoms with van der Waals surface area (Å²) in [7, 11) is 1.53. The van der Waals surface area contributed by atoms with E-state index < -0.39 is 23.4 Å². The third-order valence-corrected chi connectivity index (χ3v) is 4.32. The van der Waals surface area contributed by atoms with E-state index in [1.165, 1.54) is 7.11 Å². The molecule has 0 bridgehead atoms. The molecule has 8 nitrogen and oxygen atoms in total. The van der Waals surface area contributed by atoms with Crippen molar-refractivity contribution in [3.8, 4) is 0 Å². The topological polar surface area (TPSA) is 101 Å². The molecule has 8 heteroatoms. The summed E-state index contributed by atoms with van der Waals surface area (Å²) in [5.41, 5.74) is -0.732. The van der Waals surface area contributed by atoms with Gasteiger partial charge < -0.3 is 19.8 Å². The zero-order chi connectivity index (χ0) is 18.9. The Morgan fingerprint density at radius 3 is 2.81 bits per heavy atom. The zero-order valence-electron chi connectivity index (χ0n) is 14.9. The fourth-order valence-corrected chi connectivity index (χ4v) is 2.99. The summed E-state index contributed by atoms with van der Waals surface area (Å²) in [4.78, 5) is 38.1. The van der Waals surface area contributed by atoms with Gasteiger partial charge >= 0.3 is 6.03 Å². The number of benzene rings is 1. The van der Waals surface area contributed by atoms with Gasteiger partial charge in [0.15, 0.2) is 5.54 Å². The van der Waals surface area contributed by atoms with Crippen LogP contribution in [-0.2, 0) is 19.9 Å². The molecule has 3 rings (SSSR count). The predicted molar refractivity (Wildman–Crippen MR) is 93.3 cm³/mol. The summed E-state index contributed by atoms with van der Waals surface area (Å²) in [6, 6.07) is 8.18. The highest BCUT2D eigenvalue weighted by Crippen LogP contribution is 2.32. The molecule has 1 aliphatic heterocycles. The molecule has 26 heavy (non-hydrogen) atoms. The molecular formula is C18H21N3O5. The molecule has 2 unspecified atom stereocenters. The average Bonchev–Trinajstić information content (AvgIpc) is 3.11. The second kappa shape index (κ2) is 6.80. The number of rotatable bonds is 6. The highest BCUT2D eigenvalue weighted by Gasteiger charge is 2.51. The summed E-state index contributed by atoms with van der Waals surface area (Å²) in [5, 5.41) is 6.14. The van der Waals surface area contributed by atoms with Crippen molar-refractivity contribution in [1.29, 1.82) is 0 Å². The van der Waals surface area contributed by atoms with Crippen molar-refractivity contribution in [2.24, 2.45) is 0 Å². The van der Waals surface area contributed by atoms with Gasteiger partial charge in [-0.2, -0.15) is 0 Å². The number of fused-ring (bicyclic) bond motifs is 1. The molecule has 4 amide bonds. The monoisotopic (exact) mass is 359 g/mol. The zero-order valence-corrected chi connectivity index (χ0v) is 14.9. The summed E-state index contributed by atoms with van der Waals surface area (Å²) < 4.78 is 10.7. The summed E-state index contributed by atoms with van der Waals surface area (Å²) in [6.07, 6.45) is 0. The molecule has 1 saturated heterocycles. The molecule has 0 spiro atoms. The van der Waals surface area contributed by atoms with E-state index in [1.807, 2.05) is 18.2 Å². The van der Waals surface area contributed by atoms with Crippen molar-refractivity contribution < 1.29 is 23.5 Å². The molecule has 2 N–H and O–H groups in total. The first-order valence-corrected chi connectivity index (χ1v) is 8.26. The van der Waals surface area contributed by atoms with E-state index in [9.17, 15) is 14.4 Å². The second-order valence-corrected chi connectivity index (χ2v) is 6.52. The van der Waals surface area contributed by atoms with Crippen LogP contribution in [0.25, 0.3) is 11.0 Å². The van der Waals surface area contributed by atoms with Crippen molar-refractivity contribution in [3.63, 3.8) is 0 Å². The van der Waals surface area contributed by atoms with Gasteiger partial charge in [-0.1, -0.05) is 18.2 Å². The Bertz CT molecular complexity index is 828. The number of nitrogens with one attached hydrogen (secondary N) is 2. The Kier molecular flexibility index (Phi) is 4.69. The maximum absolute atomic E-state index is 12.8. The van der Waals surface area contributed by atoms with Gasteiger partial charge in [0, 0.05) is 18.5 Å².